The minimum atomic E-state index is -0.157. The maximum absolute atomic E-state index is 12.1. The number of nitrogens with one attached hydrogen (secondary N) is 1. The molecule has 1 unspecified atom stereocenters. The van der Waals surface area contributed by atoms with E-state index in [1.807, 2.05) is 43.3 Å². The molecule has 136 valence electrons. The Morgan fingerprint density at radius 1 is 1.23 bits per heavy atom. The van der Waals surface area contributed by atoms with Gasteiger partial charge in [-0.3, -0.25) is 4.79 Å². The Balaban J connectivity index is 1.46. The van der Waals surface area contributed by atoms with Gasteiger partial charge in [-0.15, -0.1) is 0 Å². The number of nitrogens with zero attached hydrogens (tertiary/aromatic N) is 1. The first-order valence-corrected chi connectivity index (χ1v) is 9.01. The molecule has 5 nitrogen and oxygen atoms in total. The fourth-order valence-corrected chi connectivity index (χ4v) is 3.15. The third-order valence-corrected chi connectivity index (χ3v) is 4.37. The van der Waals surface area contributed by atoms with E-state index in [0.717, 1.165) is 30.6 Å². The number of benzene rings is 2. The Labute approximate surface area is 154 Å². The van der Waals surface area contributed by atoms with Crippen molar-refractivity contribution in [2.24, 2.45) is 5.16 Å². The molecule has 1 amide bonds. The van der Waals surface area contributed by atoms with Gasteiger partial charge in [0.05, 0.1) is 18.9 Å². The molecule has 0 saturated carbocycles. The standard InChI is InChI=1S/C21H24N2O3/c1-2-25-18-12-10-16(11-13-18)14-22-26-15-21(24)23-20-9-5-7-17-6-3-4-8-19(17)20/h3-4,6,8,10-14,20H,2,5,7,9,15H2,1H3,(H,23,24)/b22-14+. The van der Waals surface area contributed by atoms with Crippen LogP contribution in [0.2, 0.25) is 0 Å². The smallest absolute Gasteiger partial charge is 0.261 e. The molecule has 1 N–H and O–H groups in total. The summed E-state index contributed by atoms with van der Waals surface area (Å²) < 4.78 is 5.39. The van der Waals surface area contributed by atoms with Crippen LogP contribution in [0.3, 0.4) is 0 Å². The van der Waals surface area contributed by atoms with Gasteiger partial charge >= 0.3 is 0 Å². The van der Waals surface area contributed by atoms with Gasteiger partial charge < -0.3 is 14.9 Å². The Hall–Kier alpha value is -2.82. The van der Waals surface area contributed by atoms with E-state index in [1.165, 1.54) is 11.1 Å². The van der Waals surface area contributed by atoms with Crippen molar-refractivity contribution in [2.45, 2.75) is 32.2 Å². The van der Waals surface area contributed by atoms with Crippen molar-refractivity contribution in [1.29, 1.82) is 0 Å². The van der Waals surface area contributed by atoms with Crippen LogP contribution in [-0.4, -0.2) is 25.3 Å². The highest BCUT2D eigenvalue weighted by Crippen LogP contribution is 2.29. The SMILES string of the molecule is CCOc1ccc(/C=N/OCC(=O)NC2CCCc3ccccc32)cc1. The average Bonchev–Trinajstić information content (AvgIpc) is 2.67. The van der Waals surface area contributed by atoms with Crippen LogP contribution in [0.1, 0.15) is 42.5 Å². The van der Waals surface area contributed by atoms with E-state index in [2.05, 4.69) is 22.6 Å². The maximum Gasteiger partial charge on any atom is 0.261 e. The monoisotopic (exact) mass is 352 g/mol. The molecular weight excluding hydrogens is 328 g/mol. The van der Waals surface area contributed by atoms with Gasteiger partial charge in [-0.05, 0) is 67.1 Å². The van der Waals surface area contributed by atoms with Gasteiger partial charge in [-0.1, -0.05) is 29.4 Å². The van der Waals surface area contributed by atoms with Crippen molar-refractivity contribution in [2.75, 3.05) is 13.2 Å². The Kier molecular flexibility index (Phi) is 6.25. The number of ether oxygens (including phenoxy) is 1. The van der Waals surface area contributed by atoms with Crippen molar-refractivity contribution in [3.8, 4) is 5.75 Å². The number of hydrogen-bond acceptors (Lipinski definition) is 4. The van der Waals surface area contributed by atoms with Crippen LogP contribution in [0.15, 0.2) is 53.7 Å². The maximum atomic E-state index is 12.1. The van der Waals surface area contributed by atoms with Crippen LogP contribution in [0.4, 0.5) is 0 Å². The summed E-state index contributed by atoms with van der Waals surface area (Å²) in [7, 11) is 0. The first-order chi connectivity index (χ1) is 12.8. The van der Waals surface area contributed by atoms with E-state index in [1.54, 1.807) is 6.21 Å². The van der Waals surface area contributed by atoms with Crippen molar-refractivity contribution < 1.29 is 14.4 Å². The zero-order valence-corrected chi connectivity index (χ0v) is 15.0. The molecule has 0 saturated heterocycles. The molecule has 3 rings (SSSR count). The van der Waals surface area contributed by atoms with Crippen LogP contribution in [-0.2, 0) is 16.1 Å². The van der Waals surface area contributed by atoms with Gasteiger partial charge in [0.1, 0.15) is 5.75 Å². The minimum Gasteiger partial charge on any atom is -0.494 e. The van der Waals surface area contributed by atoms with Crippen LogP contribution in [0, 0.1) is 0 Å². The summed E-state index contributed by atoms with van der Waals surface area (Å²) in [6.45, 7) is 2.49. The van der Waals surface area contributed by atoms with Crippen LogP contribution >= 0.6 is 0 Å². The topological polar surface area (TPSA) is 59.9 Å². The van der Waals surface area contributed by atoms with Crippen molar-refractivity contribution >= 4 is 12.1 Å². The van der Waals surface area contributed by atoms with E-state index < -0.39 is 0 Å². The van der Waals surface area contributed by atoms with E-state index in [9.17, 15) is 4.79 Å². The predicted molar refractivity (Wildman–Crippen MR) is 101 cm³/mol. The molecule has 1 aliphatic carbocycles. The van der Waals surface area contributed by atoms with Gasteiger partial charge in [-0.25, -0.2) is 0 Å². The first-order valence-electron chi connectivity index (χ1n) is 9.01. The zero-order chi connectivity index (χ0) is 18.2. The normalized spacial score (nSPS) is 16.1. The summed E-state index contributed by atoms with van der Waals surface area (Å²) in [5, 5.41) is 6.91. The van der Waals surface area contributed by atoms with Crippen LogP contribution in [0.5, 0.6) is 5.75 Å². The third kappa shape index (κ3) is 4.85. The molecule has 0 bridgehead atoms. The average molecular weight is 352 g/mol. The number of carbonyl (C=O) groups is 1. The zero-order valence-electron chi connectivity index (χ0n) is 15.0. The first kappa shape index (κ1) is 18.0. The third-order valence-electron chi connectivity index (χ3n) is 4.37. The molecule has 2 aromatic carbocycles. The number of fused-ring (bicyclic) bond motifs is 1. The van der Waals surface area contributed by atoms with E-state index in [0.29, 0.717) is 6.61 Å². The Bertz CT molecular complexity index is 756. The molecule has 5 heteroatoms. The minimum absolute atomic E-state index is 0.0612. The van der Waals surface area contributed by atoms with Crippen molar-refractivity contribution in [3.63, 3.8) is 0 Å². The summed E-state index contributed by atoms with van der Waals surface area (Å²) in [6.07, 6.45) is 4.70. The fraction of sp³-hybridized carbons (Fsp3) is 0.333. The molecule has 26 heavy (non-hydrogen) atoms. The van der Waals surface area contributed by atoms with E-state index in [-0.39, 0.29) is 18.6 Å². The molecule has 0 aliphatic heterocycles. The van der Waals surface area contributed by atoms with Crippen molar-refractivity contribution in [3.05, 3.63) is 65.2 Å². The predicted octanol–water partition coefficient (Wildman–Crippen LogP) is 3.63. The number of aryl methyl sites for hydroxylation is 1. The van der Waals surface area contributed by atoms with Crippen LogP contribution in [0.25, 0.3) is 0 Å². The molecule has 0 aromatic heterocycles. The highest BCUT2D eigenvalue weighted by atomic mass is 16.6. The van der Waals surface area contributed by atoms with E-state index in [4.69, 9.17) is 9.57 Å². The van der Waals surface area contributed by atoms with Crippen molar-refractivity contribution in [1.82, 2.24) is 5.32 Å². The fourth-order valence-electron chi connectivity index (χ4n) is 3.15. The lowest BCUT2D eigenvalue weighted by Gasteiger charge is -2.26. The summed E-state index contributed by atoms with van der Waals surface area (Å²) in [5.74, 6) is 0.660. The lowest BCUT2D eigenvalue weighted by Crippen LogP contribution is -2.33. The number of amides is 1. The molecule has 0 fully saturated rings. The Morgan fingerprint density at radius 3 is 2.85 bits per heavy atom. The van der Waals surface area contributed by atoms with Crippen LogP contribution < -0.4 is 10.1 Å². The highest BCUT2D eigenvalue weighted by molar-refractivity contribution is 5.80. The molecule has 0 heterocycles. The number of hydrogen-bond donors (Lipinski definition) is 1. The number of carbonyl (C=O) groups excluding carboxylic acids is 1. The summed E-state index contributed by atoms with van der Waals surface area (Å²) in [6, 6.07) is 15.9. The lowest BCUT2D eigenvalue weighted by atomic mass is 9.88. The number of oxime groups is 1. The molecule has 1 aliphatic rings. The highest BCUT2D eigenvalue weighted by Gasteiger charge is 2.21. The van der Waals surface area contributed by atoms with E-state index >= 15 is 0 Å². The lowest BCUT2D eigenvalue weighted by molar-refractivity contribution is -0.126. The summed E-state index contributed by atoms with van der Waals surface area (Å²) >= 11 is 0. The Morgan fingerprint density at radius 2 is 2.04 bits per heavy atom. The second-order valence-corrected chi connectivity index (χ2v) is 6.22. The second kappa shape index (κ2) is 9.04. The van der Waals surface area contributed by atoms with Gasteiger partial charge in [0, 0.05) is 0 Å². The molecule has 1 atom stereocenters. The quantitative estimate of drug-likeness (QED) is 0.611. The summed E-state index contributed by atoms with van der Waals surface area (Å²) in [5.41, 5.74) is 3.42. The second-order valence-electron chi connectivity index (χ2n) is 6.22. The van der Waals surface area contributed by atoms with Gasteiger partial charge in [0.15, 0.2) is 6.61 Å². The molecule has 0 radical (unpaired) electrons. The largest absolute Gasteiger partial charge is 0.494 e. The number of rotatable bonds is 7. The molecular formula is C21H24N2O3. The van der Waals surface area contributed by atoms with Gasteiger partial charge in [-0.2, -0.15) is 0 Å². The van der Waals surface area contributed by atoms with Gasteiger partial charge in [0.25, 0.3) is 5.91 Å². The summed E-state index contributed by atoms with van der Waals surface area (Å²) in [4.78, 5) is 17.3. The molecule has 2 aromatic rings. The van der Waals surface area contributed by atoms with Gasteiger partial charge in [0.2, 0.25) is 0 Å². The molecule has 0 spiro atoms.